The number of nitrogens with one attached hydrogen (secondary N) is 1. The number of nitrogens with zero attached hydrogens (tertiary/aromatic N) is 1. The van der Waals surface area contributed by atoms with Gasteiger partial charge in [-0.15, -0.1) is 0 Å². The topological polar surface area (TPSA) is 52.6 Å². The number of aliphatic hydroxyl groups is 1. The first-order valence-corrected chi connectivity index (χ1v) is 4.97. The number of aliphatic hydroxyl groups excluding tert-OH is 1. The molecule has 0 aromatic rings. The van der Waals surface area contributed by atoms with Crippen molar-refractivity contribution >= 4 is 5.91 Å². The highest BCUT2D eigenvalue weighted by Gasteiger charge is 2.30. The number of piperidine rings is 1. The van der Waals surface area contributed by atoms with Crippen molar-refractivity contribution in [2.45, 2.75) is 31.4 Å². The van der Waals surface area contributed by atoms with E-state index in [2.05, 4.69) is 5.32 Å². The molecule has 0 radical (unpaired) electrons. The van der Waals surface area contributed by atoms with Gasteiger partial charge in [-0.1, -0.05) is 0 Å². The van der Waals surface area contributed by atoms with Crippen molar-refractivity contribution in [2.75, 3.05) is 19.6 Å². The lowest BCUT2D eigenvalue weighted by Gasteiger charge is -2.35. The highest BCUT2D eigenvalue weighted by Crippen LogP contribution is 2.13. The number of carbonyl (C=O) groups excluding carboxylic acids is 1. The van der Waals surface area contributed by atoms with E-state index in [-0.39, 0.29) is 18.1 Å². The molecule has 0 saturated carbocycles. The van der Waals surface area contributed by atoms with Crippen molar-refractivity contribution in [3.05, 3.63) is 0 Å². The third-order valence-electron chi connectivity index (χ3n) is 2.90. The van der Waals surface area contributed by atoms with Gasteiger partial charge in [0.15, 0.2) is 0 Å². The minimum absolute atomic E-state index is 0.0650. The average molecular weight is 184 g/mol. The fourth-order valence-corrected chi connectivity index (χ4v) is 1.81. The summed E-state index contributed by atoms with van der Waals surface area (Å²) in [4.78, 5) is 13.5. The molecule has 2 N–H and O–H groups in total. The van der Waals surface area contributed by atoms with Crippen molar-refractivity contribution in [2.24, 2.45) is 0 Å². The Morgan fingerprint density at radius 2 is 1.92 bits per heavy atom. The maximum atomic E-state index is 11.7. The Kier molecular flexibility index (Phi) is 2.51. The van der Waals surface area contributed by atoms with Crippen LogP contribution in [0.3, 0.4) is 0 Å². The van der Waals surface area contributed by atoms with Crippen LogP contribution < -0.4 is 5.32 Å². The number of carbonyl (C=O) groups is 1. The minimum atomic E-state index is -0.196. The molecule has 1 unspecified atom stereocenters. The molecule has 2 saturated heterocycles. The SMILES string of the molecule is O=C(C1CCN1)N1CCC(O)CC1. The Hall–Kier alpha value is -0.610. The molecule has 2 heterocycles. The lowest BCUT2D eigenvalue weighted by atomic mass is 10.0. The zero-order valence-electron chi connectivity index (χ0n) is 7.70. The van der Waals surface area contributed by atoms with E-state index in [0.29, 0.717) is 0 Å². The Labute approximate surface area is 77.9 Å². The summed E-state index contributed by atoms with van der Waals surface area (Å²) in [5, 5.41) is 12.4. The molecule has 0 bridgehead atoms. The molecular weight excluding hydrogens is 168 g/mol. The summed E-state index contributed by atoms with van der Waals surface area (Å²) in [7, 11) is 0. The normalized spacial score (nSPS) is 29.9. The highest BCUT2D eigenvalue weighted by atomic mass is 16.3. The van der Waals surface area contributed by atoms with Gasteiger partial charge < -0.3 is 15.3 Å². The Bertz CT molecular complexity index is 196. The zero-order chi connectivity index (χ0) is 9.26. The first-order valence-electron chi connectivity index (χ1n) is 4.97. The molecule has 4 nitrogen and oxygen atoms in total. The average Bonchev–Trinajstić information content (AvgIpc) is 2.02. The molecule has 2 rings (SSSR count). The van der Waals surface area contributed by atoms with E-state index in [0.717, 1.165) is 38.9 Å². The summed E-state index contributed by atoms with van der Waals surface area (Å²) >= 11 is 0. The Morgan fingerprint density at radius 3 is 2.38 bits per heavy atom. The summed E-state index contributed by atoms with van der Waals surface area (Å²) < 4.78 is 0. The van der Waals surface area contributed by atoms with Gasteiger partial charge in [0.1, 0.15) is 0 Å². The molecule has 13 heavy (non-hydrogen) atoms. The lowest BCUT2D eigenvalue weighted by molar-refractivity contribution is -0.137. The highest BCUT2D eigenvalue weighted by molar-refractivity contribution is 5.82. The van der Waals surface area contributed by atoms with Gasteiger partial charge in [0.25, 0.3) is 0 Å². The first-order chi connectivity index (χ1) is 6.27. The van der Waals surface area contributed by atoms with Crippen LogP contribution in [0.15, 0.2) is 0 Å². The zero-order valence-corrected chi connectivity index (χ0v) is 7.70. The summed E-state index contributed by atoms with van der Waals surface area (Å²) in [6.45, 7) is 2.41. The molecule has 1 atom stereocenters. The van der Waals surface area contributed by atoms with Crippen LogP contribution in [0.1, 0.15) is 19.3 Å². The number of amides is 1. The molecule has 74 valence electrons. The van der Waals surface area contributed by atoms with Crippen LogP contribution in [0.4, 0.5) is 0 Å². The third kappa shape index (κ3) is 1.84. The summed E-state index contributed by atoms with van der Waals surface area (Å²) in [5.74, 6) is 0.221. The van der Waals surface area contributed by atoms with Gasteiger partial charge in [-0.05, 0) is 25.8 Å². The van der Waals surface area contributed by atoms with Gasteiger partial charge in [-0.25, -0.2) is 0 Å². The Morgan fingerprint density at radius 1 is 1.31 bits per heavy atom. The maximum Gasteiger partial charge on any atom is 0.239 e. The van der Waals surface area contributed by atoms with Crippen molar-refractivity contribution in [3.63, 3.8) is 0 Å². The largest absolute Gasteiger partial charge is 0.393 e. The van der Waals surface area contributed by atoms with Gasteiger partial charge in [0, 0.05) is 13.1 Å². The predicted molar refractivity (Wildman–Crippen MR) is 48.2 cm³/mol. The van der Waals surface area contributed by atoms with Crippen LogP contribution in [-0.4, -0.2) is 47.7 Å². The van der Waals surface area contributed by atoms with Crippen molar-refractivity contribution < 1.29 is 9.90 Å². The van der Waals surface area contributed by atoms with Crippen LogP contribution in [0.25, 0.3) is 0 Å². The molecular formula is C9H16N2O2. The smallest absolute Gasteiger partial charge is 0.239 e. The number of likely N-dealkylation sites (tertiary alicyclic amines) is 1. The molecule has 0 aromatic heterocycles. The van der Waals surface area contributed by atoms with E-state index in [1.54, 1.807) is 0 Å². The summed E-state index contributed by atoms with van der Waals surface area (Å²) in [5.41, 5.74) is 0. The first kappa shape index (κ1) is 8.97. The molecule has 4 heteroatoms. The van der Waals surface area contributed by atoms with E-state index in [9.17, 15) is 9.90 Å². The number of hydrogen-bond acceptors (Lipinski definition) is 3. The number of rotatable bonds is 1. The third-order valence-corrected chi connectivity index (χ3v) is 2.90. The second kappa shape index (κ2) is 3.64. The van der Waals surface area contributed by atoms with Crippen molar-refractivity contribution in [1.82, 2.24) is 10.2 Å². The van der Waals surface area contributed by atoms with E-state index in [1.807, 2.05) is 4.90 Å². The van der Waals surface area contributed by atoms with Crippen molar-refractivity contribution in [1.29, 1.82) is 0 Å². The van der Waals surface area contributed by atoms with Gasteiger partial charge >= 0.3 is 0 Å². The fraction of sp³-hybridized carbons (Fsp3) is 0.889. The van der Waals surface area contributed by atoms with E-state index in [4.69, 9.17) is 0 Å². The summed E-state index contributed by atoms with van der Waals surface area (Å²) in [6.07, 6.45) is 2.24. The van der Waals surface area contributed by atoms with Gasteiger partial charge in [-0.3, -0.25) is 4.79 Å². The molecule has 0 spiro atoms. The van der Waals surface area contributed by atoms with E-state index >= 15 is 0 Å². The second-order valence-electron chi connectivity index (χ2n) is 3.85. The molecule has 1 amide bonds. The van der Waals surface area contributed by atoms with Crippen LogP contribution >= 0.6 is 0 Å². The van der Waals surface area contributed by atoms with Crippen molar-refractivity contribution in [3.8, 4) is 0 Å². The molecule has 0 aromatic carbocycles. The second-order valence-corrected chi connectivity index (χ2v) is 3.85. The molecule has 0 aliphatic carbocycles. The maximum absolute atomic E-state index is 11.7. The van der Waals surface area contributed by atoms with E-state index in [1.165, 1.54) is 0 Å². The number of hydrogen-bond donors (Lipinski definition) is 2. The van der Waals surface area contributed by atoms with Gasteiger partial charge in [0.05, 0.1) is 12.1 Å². The quantitative estimate of drug-likeness (QED) is 0.568. The Balaban J connectivity index is 1.83. The molecule has 2 aliphatic rings. The lowest BCUT2D eigenvalue weighted by Crippen LogP contribution is -2.56. The van der Waals surface area contributed by atoms with Gasteiger partial charge in [0.2, 0.25) is 5.91 Å². The predicted octanol–water partition coefficient (Wildman–Crippen LogP) is -0.668. The monoisotopic (exact) mass is 184 g/mol. The standard InChI is InChI=1S/C9H16N2O2/c12-7-2-5-11(6-3-7)9(13)8-1-4-10-8/h7-8,10,12H,1-6H2. The fourth-order valence-electron chi connectivity index (χ4n) is 1.81. The van der Waals surface area contributed by atoms with Gasteiger partial charge in [-0.2, -0.15) is 0 Å². The van der Waals surface area contributed by atoms with Crippen LogP contribution in [0, 0.1) is 0 Å². The van der Waals surface area contributed by atoms with E-state index < -0.39 is 0 Å². The molecule has 2 fully saturated rings. The van der Waals surface area contributed by atoms with Crippen LogP contribution in [0.5, 0.6) is 0 Å². The summed E-state index contributed by atoms with van der Waals surface area (Å²) in [6, 6.07) is 0.0650. The molecule has 2 aliphatic heterocycles. The minimum Gasteiger partial charge on any atom is -0.393 e. The van der Waals surface area contributed by atoms with Crippen LogP contribution in [-0.2, 0) is 4.79 Å². The van der Waals surface area contributed by atoms with Crippen LogP contribution in [0.2, 0.25) is 0 Å².